The first-order valence-corrected chi connectivity index (χ1v) is 4.64. The summed E-state index contributed by atoms with van der Waals surface area (Å²) in [5, 5.41) is 8.67. The van der Waals surface area contributed by atoms with Crippen LogP contribution in [0.1, 0.15) is 32.1 Å². The number of aliphatic carboxylic acids is 1. The third-order valence-electron chi connectivity index (χ3n) is 2.57. The van der Waals surface area contributed by atoms with E-state index < -0.39 is 17.9 Å². The molecule has 0 radical (unpaired) electrons. The molecule has 0 unspecified atom stereocenters. The first-order chi connectivity index (χ1) is 6.13. The van der Waals surface area contributed by atoms with Crippen LogP contribution in [0.25, 0.3) is 0 Å². The molecular weight excluding hydrogens is 170 g/mol. The number of carboxylic acid groups (broad SMARTS) is 1. The number of ketones is 1. The summed E-state index contributed by atoms with van der Waals surface area (Å²) in [4.78, 5) is 22.0. The van der Waals surface area contributed by atoms with Gasteiger partial charge >= 0.3 is 5.97 Å². The lowest BCUT2D eigenvalue weighted by molar-refractivity contribution is -0.142. The molecule has 4 nitrogen and oxygen atoms in total. The second-order valence-corrected chi connectivity index (χ2v) is 3.54. The molecule has 0 aliphatic heterocycles. The van der Waals surface area contributed by atoms with Gasteiger partial charge in [-0.15, -0.1) is 0 Å². The largest absolute Gasteiger partial charge is 0.480 e. The predicted octanol–water partition coefficient (Wildman–Crippen LogP) is 0.548. The molecule has 3 N–H and O–H groups in total. The lowest BCUT2D eigenvalue weighted by Crippen LogP contribution is -2.41. The molecule has 0 aromatic rings. The van der Waals surface area contributed by atoms with Crippen LogP contribution in [0, 0.1) is 5.92 Å². The maximum Gasteiger partial charge on any atom is 0.321 e. The molecule has 1 rings (SSSR count). The minimum Gasteiger partial charge on any atom is -0.480 e. The molecule has 0 amide bonds. The molecule has 74 valence electrons. The smallest absolute Gasteiger partial charge is 0.321 e. The molecule has 0 bridgehead atoms. The van der Waals surface area contributed by atoms with Crippen LogP contribution < -0.4 is 5.73 Å². The molecule has 2 atom stereocenters. The van der Waals surface area contributed by atoms with Crippen molar-refractivity contribution in [2.24, 2.45) is 11.7 Å². The third-order valence-corrected chi connectivity index (χ3v) is 2.57. The monoisotopic (exact) mass is 185 g/mol. The van der Waals surface area contributed by atoms with E-state index in [0.717, 1.165) is 19.3 Å². The molecule has 13 heavy (non-hydrogen) atoms. The highest BCUT2D eigenvalue weighted by atomic mass is 16.4. The second kappa shape index (κ2) is 4.37. The summed E-state index contributed by atoms with van der Waals surface area (Å²) in [6, 6.07) is -1.01. The van der Waals surface area contributed by atoms with Crippen LogP contribution in [0.4, 0.5) is 0 Å². The zero-order valence-electron chi connectivity index (χ0n) is 7.53. The highest BCUT2D eigenvalue weighted by Crippen LogP contribution is 2.22. The summed E-state index contributed by atoms with van der Waals surface area (Å²) in [5.41, 5.74) is 5.43. The van der Waals surface area contributed by atoms with Crippen molar-refractivity contribution >= 4 is 11.8 Å². The second-order valence-electron chi connectivity index (χ2n) is 3.54. The Kier molecular flexibility index (Phi) is 3.42. The Balaban J connectivity index is 2.64. The summed E-state index contributed by atoms with van der Waals surface area (Å²) in [6.07, 6.45) is 3.92. The number of hydrogen-bond acceptors (Lipinski definition) is 3. The van der Waals surface area contributed by atoms with Crippen LogP contribution in [-0.4, -0.2) is 22.9 Å². The number of carboxylic acids is 1. The van der Waals surface area contributed by atoms with Crippen molar-refractivity contribution in [2.75, 3.05) is 0 Å². The van der Waals surface area contributed by atoms with Crippen molar-refractivity contribution in [1.82, 2.24) is 0 Å². The van der Waals surface area contributed by atoms with Gasteiger partial charge in [-0.25, -0.2) is 0 Å². The van der Waals surface area contributed by atoms with Crippen LogP contribution in [0.5, 0.6) is 0 Å². The molecular formula is C9H15NO3. The van der Waals surface area contributed by atoms with Gasteiger partial charge in [0.2, 0.25) is 0 Å². The number of Topliss-reactive ketones (excluding diaryl/α,β-unsaturated/α-hetero) is 1. The standard InChI is InChI=1S/C9H15NO3/c10-8(9(12)13)6-4-2-1-3-5-7(6)11/h6,8H,1-5,10H2,(H,12,13)/t6-,8-/m0/s1. The molecule has 0 saturated heterocycles. The van der Waals surface area contributed by atoms with Crippen molar-refractivity contribution in [3.05, 3.63) is 0 Å². The van der Waals surface area contributed by atoms with Gasteiger partial charge in [0.15, 0.2) is 0 Å². The molecule has 1 aliphatic rings. The number of nitrogens with two attached hydrogens (primary N) is 1. The molecule has 0 heterocycles. The maximum absolute atomic E-state index is 11.4. The highest BCUT2D eigenvalue weighted by Gasteiger charge is 2.30. The third kappa shape index (κ3) is 2.52. The summed E-state index contributed by atoms with van der Waals surface area (Å²) >= 11 is 0. The SMILES string of the molecule is N[C@H](C(=O)O)[C@H]1CCCCCC1=O. The van der Waals surface area contributed by atoms with Crippen molar-refractivity contribution in [1.29, 1.82) is 0 Å². The molecule has 0 aromatic carbocycles. The minimum atomic E-state index is -1.07. The number of hydrogen-bond donors (Lipinski definition) is 2. The Morgan fingerprint density at radius 3 is 2.77 bits per heavy atom. The van der Waals surface area contributed by atoms with E-state index in [1.165, 1.54) is 0 Å². The minimum absolute atomic E-state index is 0.0207. The fourth-order valence-electron chi connectivity index (χ4n) is 1.74. The van der Waals surface area contributed by atoms with Gasteiger partial charge in [-0.05, 0) is 12.8 Å². The Labute approximate surface area is 77.1 Å². The van der Waals surface area contributed by atoms with Gasteiger partial charge in [0.25, 0.3) is 0 Å². The number of carbonyl (C=O) groups is 2. The summed E-state index contributed by atoms with van der Waals surface area (Å²) in [7, 11) is 0. The zero-order chi connectivity index (χ0) is 9.84. The van der Waals surface area contributed by atoms with Gasteiger partial charge in [0, 0.05) is 12.3 Å². The lowest BCUT2D eigenvalue weighted by Gasteiger charge is -2.16. The fourth-order valence-corrected chi connectivity index (χ4v) is 1.74. The van der Waals surface area contributed by atoms with Crippen LogP contribution >= 0.6 is 0 Å². The van der Waals surface area contributed by atoms with Crippen molar-refractivity contribution in [3.8, 4) is 0 Å². The average molecular weight is 185 g/mol. The Morgan fingerprint density at radius 1 is 1.46 bits per heavy atom. The molecule has 0 aromatic heterocycles. The van der Waals surface area contributed by atoms with E-state index in [1.54, 1.807) is 0 Å². The van der Waals surface area contributed by atoms with Gasteiger partial charge in [0.05, 0.1) is 0 Å². The van der Waals surface area contributed by atoms with E-state index in [2.05, 4.69) is 0 Å². The van der Waals surface area contributed by atoms with Gasteiger partial charge in [-0.1, -0.05) is 12.8 Å². The van der Waals surface area contributed by atoms with Crippen LogP contribution in [0.15, 0.2) is 0 Å². The summed E-state index contributed by atoms with van der Waals surface area (Å²) in [6.45, 7) is 0. The molecule has 1 fully saturated rings. The van der Waals surface area contributed by atoms with Gasteiger partial charge in [-0.2, -0.15) is 0 Å². The van der Waals surface area contributed by atoms with E-state index in [0.29, 0.717) is 12.8 Å². The van der Waals surface area contributed by atoms with E-state index in [9.17, 15) is 9.59 Å². The Bertz CT molecular complexity index is 215. The van der Waals surface area contributed by atoms with E-state index >= 15 is 0 Å². The van der Waals surface area contributed by atoms with Gasteiger partial charge in [-0.3, -0.25) is 9.59 Å². The Hall–Kier alpha value is -0.900. The number of carbonyl (C=O) groups excluding carboxylic acids is 1. The Morgan fingerprint density at radius 2 is 2.15 bits per heavy atom. The number of rotatable bonds is 2. The van der Waals surface area contributed by atoms with E-state index in [1.807, 2.05) is 0 Å². The van der Waals surface area contributed by atoms with Crippen molar-refractivity contribution in [3.63, 3.8) is 0 Å². The quantitative estimate of drug-likeness (QED) is 0.615. The lowest BCUT2D eigenvalue weighted by atomic mass is 9.91. The van der Waals surface area contributed by atoms with Crippen LogP contribution in [0.3, 0.4) is 0 Å². The maximum atomic E-state index is 11.4. The van der Waals surface area contributed by atoms with Gasteiger partial charge < -0.3 is 10.8 Å². The first-order valence-electron chi connectivity index (χ1n) is 4.64. The van der Waals surface area contributed by atoms with Crippen molar-refractivity contribution in [2.45, 2.75) is 38.1 Å². The molecule has 1 aliphatic carbocycles. The first kappa shape index (κ1) is 10.2. The van der Waals surface area contributed by atoms with Gasteiger partial charge in [0.1, 0.15) is 11.8 Å². The average Bonchev–Trinajstić information content (AvgIpc) is 2.28. The molecule has 1 saturated carbocycles. The predicted molar refractivity (Wildman–Crippen MR) is 47.2 cm³/mol. The zero-order valence-corrected chi connectivity index (χ0v) is 7.53. The van der Waals surface area contributed by atoms with Crippen LogP contribution in [-0.2, 0) is 9.59 Å². The summed E-state index contributed by atoms with van der Waals surface area (Å²) in [5.74, 6) is -1.51. The highest BCUT2D eigenvalue weighted by molar-refractivity contribution is 5.88. The summed E-state index contributed by atoms with van der Waals surface area (Å²) < 4.78 is 0. The topological polar surface area (TPSA) is 80.4 Å². The van der Waals surface area contributed by atoms with Crippen molar-refractivity contribution < 1.29 is 14.7 Å². The normalized spacial score (nSPS) is 26.5. The molecule has 0 spiro atoms. The molecule has 4 heteroatoms. The van der Waals surface area contributed by atoms with E-state index in [4.69, 9.17) is 10.8 Å². The fraction of sp³-hybridized carbons (Fsp3) is 0.778. The van der Waals surface area contributed by atoms with Crippen LogP contribution in [0.2, 0.25) is 0 Å². The van der Waals surface area contributed by atoms with E-state index in [-0.39, 0.29) is 5.78 Å².